The number of hydrogen-bond acceptors (Lipinski definition) is 3. The fourth-order valence-electron chi connectivity index (χ4n) is 3.53. The van der Waals surface area contributed by atoms with Crippen LogP contribution in [0.25, 0.3) is 0 Å². The number of rotatable bonds is 3. The van der Waals surface area contributed by atoms with Crippen LogP contribution in [0.3, 0.4) is 0 Å². The summed E-state index contributed by atoms with van der Waals surface area (Å²) in [6.45, 7) is -0.184. The lowest BCUT2D eigenvalue weighted by atomic mass is 9.84. The number of hydrogen-bond donors (Lipinski definition) is 1. The van der Waals surface area contributed by atoms with Gasteiger partial charge in [0.1, 0.15) is 5.54 Å². The standard InChI is InChI=1S/C18H22N2O3/c21-15(14-9-5-4-6-10-14)13-20-16(22)18(19-17(20)23)11-7-2-1-3-8-12-18/h4-6,9-10H,1-3,7-8,11-13H2,(H,19,23). The number of nitrogens with zero attached hydrogens (tertiary/aromatic N) is 1. The zero-order valence-electron chi connectivity index (χ0n) is 13.2. The summed E-state index contributed by atoms with van der Waals surface area (Å²) in [5.41, 5.74) is -0.263. The van der Waals surface area contributed by atoms with Crippen molar-refractivity contribution in [3.05, 3.63) is 35.9 Å². The molecule has 1 spiro atoms. The maximum atomic E-state index is 12.8. The summed E-state index contributed by atoms with van der Waals surface area (Å²) in [6, 6.07) is 8.34. The predicted octanol–water partition coefficient (Wildman–Crippen LogP) is 2.90. The average molecular weight is 314 g/mol. The molecular weight excluding hydrogens is 292 g/mol. The maximum Gasteiger partial charge on any atom is 0.325 e. The van der Waals surface area contributed by atoms with Crippen LogP contribution in [0.15, 0.2) is 30.3 Å². The van der Waals surface area contributed by atoms with E-state index in [-0.39, 0.29) is 18.2 Å². The molecule has 5 nitrogen and oxygen atoms in total. The van der Waals surface area contributed by atoms with Crippen LogP contribution in [0.5, 0.6) is 0 Å². The summed E-state index contributed by atoms with van der Waals surface area (Å²) >= 11 is 0. The Morgan fingerprint density at radius 3 is 2.26 bits per heavy atom. The van der Waals surface area contributed by atoms with E-state index >= 15 is 0 Å². The summed E-state index contributed by atoms with van der Waals surface area (Å²) in [4.78, 5) is 38.5. The Morgan fingerprint density at radius 1 is 1.00 bits per heavy atom. The number of carbonyl (C=O) groups excluding carboxylic acids is 3. The lowest BCUT2D eigenvalue weighted by Crippen LogP contribution is -2.47. The first-order chi connectivity index (χ1) is 11.1. The number of imide groups is 1. The second-order valence-electron chi connectivity index (χ2n) is 6.46. The molecule has 1 saturated carbocycles. The third-order valence-corrected chi connectivity index (χ3v) is 4.85. The van der Waals surface area contributed by atoms with Gasteiger partial charge >= 0.3 is 6.03 Å². The summed E-state index contributed by atoms with van der Waals surface area (Å²) in [5.74, 6) is -0.439. The van der Waals surface area contributed by atoms with E-state index in [4.69, 9.17) is 0 Å². The molecule has 1 aliphatic carbocycles. The van der Waals surface area contributed by atoms with Gasteiger partial charge in [-0.3, -0.25) is 14.5 Å². The van der Waals surface area contributed by atoms with Crippen LogP contribution in [0, 0.1) is 0 Å². The zero-order valence-corrected chi connectivity index (χ0v) is 13.2. The fraction of sp³-hybridized carbons (Fsp3) is 0.500. The minimum absolute atomic E-state index is 0.184. The molecular formula is C18H22N2O3. The number of nitrogens with one attached hydrogen (secondary N) is 1. The van der Waals surface area contributed by atoms with Gasteiger partial charge in [-0.15, -0.1) is 0 Å². The van der Waals surface area contributed by atoms with E-state index in [0.29, 0.717) is 18.4 Å². The number of benzene rings is 1. The van der Waals surface area contributed by atoms with E-state index in [1.54, 1.807) is 24.3 Å². The lowest BCUT2D eigenvalue weighted by molar-refractivity contribution is -0.131. The van der Waals surface area contributed by atoms with Crippen LogP contribution in [0.1, 0.15) is 55.3 Å². The molecule has 1 N–H and O–H groups in total. The van der Waals surface area contributed by atoms with Gasteiger partial charge in [0.05, 0.1) is 6.54 Å². The first-order valence-corrected chi connectivity index (χ1v) is 8.35. The van der Waals surface area contributed by atoms with Crippen molar-refractivity contribution in [1.82, 2.24) is 10.2 Å². The van der Waals surface area contributed by atoms with Crippen molar-refractivity contribution >= 4 is 17.7 Å². The number of urea groups is 1. The summed E-state index contributed by atoms with van der Waals surface area (Å²) in [7, 11) is 0. The van der Waals surface area contributed by atoms with Gasteiger partial charge < -0.3 is 5.32 Å². The van der Waals surface area contributed by atoms with Crippen LogP contribution >= 0.6 is 0 Å². The largest absolute Gasteiger partial charge is 0.325 e. The van der Waals surface area contributed by atoms with Crippen LogP contribution < -0.4 is 5.32 Å². The molecule has 1 aromatic rings. The highest BCUT2D eigenvalue weighted by Crippen LogP contribution is 2.32. The molecule has 1 saturated heterocycles. The summed E-state index contributed by atoms with van der Waals surface area (Å²) in [5, 5.41) is 2.88. The Labute approximate surface area is 136 Å². The Bertz CT molecular complexity index is 604. The molecule has 3 rings (SSSR count). The quantitative estimate of drug-likeness (QED) is 0.689. The van der Waals surface area contributed by atoms with Gasteiger partial charge in [0.25, 0.3) is 5.91 Å². The minimum atomic E-state index is -0.783. The monoisotopic (exact) mass is 314 g/mol. The number of amides is 3. The molecule has 2 fully saturated rings. The predicted molar refractivity (Wildman–Crippen MR) is 86.1 cm³/mol. The number of ketones is 1. The molecule has 2 aliphatic rings. The van der Waals surface area contributed by atoms with E-state index in [2.05, 4.69) is 5.32 Å². The molecule has 23 heavy (non-hydrogen) atoms. The molecule has 3 amide bonds. The summed E-state index contributed by atoms with van der Waals surface area (Å²) in [6.07, 6.45) is 6.59. The maximum absolute atomic E-state index is 12.8. The Kier molecular flexibility index (Phi) is 4.46. The molecule has 5 heteroatoms. The molecule has 0 aromatic heterocycles. The molecule has 1 aromatic carbocycles. The number of carbonyl (C=O) groups is 3. The van der Waals surface area contributed by atoms with Crippen molar-refractivity contribution in [2.45, 2.75) is 50.5 Å². The van der Waals surface area contributed by atoms with E-state index in [1.165, 1.54) is 6.42 Å². The third-order valence-electron chi connectivity index (χ3n) is 4.85. The van der Waals surface area contributed by atoms with Gasteiger partial charge in [-0.2, -0.15) is 0 Å². The highest BCUT2D eigenvalue weighted by Gasteiger charge is 2.50. The van der Waals surface area contributed by atoms with Crippen LogP contribution in [-0.4, -0.2) is 34.7 Å². The van der Waals surface area contributed by atoms with Crippen molar-refractivity contribution in [3.63, 3.8) is 0 Å². The van der Waals surface area contributed by atoms with Gasteiger partial charge in [0.15, 0.2) is 5.78 Å². The fourth-order valence-corrected chi connectivity index (χ4v) is 3.53. The highest BCUT2D eigenvalue weighted by atomic mass is 16.2. The highest BCUT2D eigenvalue weighted by molar-refractivity contribution is 6.11. The second kappa shape index (κ2) is 6.52. The molecule has 122 valence electrons. The average Bonchev–Trinajstić information content (AvgIpc) is 2.77. The van der Waals surface area contributed by atoms with Crippen molar-refractivity contribution in [3.8, 4) is 0 Å². The van der Waals surface area contributed by atoms with Crippen LogP contribution in [0.2, 0.25) is 0 Å². The second-order valence-corrected chi connectivity index (χ2v) is 6.46. The minimum Gasteiger partial charge on any atom is -0.323 e. The molecule has 0 bridgehead atoms. The SMILES string of the molecule is O=C(CN1C(=O)NC2(CCCCCCC2)C1=O)c1ccccc1. The number of Topliss-reactive ketones (excluding diaryl/α,β-unsaturated/α-hetero) is 1. The van der Waals surface area contributed by atoms with Crippen LogP contribution in [0.4, 0.5) is 4.79 Å². The topological polar surface area (TPSA) is 66.5 Å². The zero-order chi connectivity index (χ0) is 16.3. The Balaban J connectivity index is 1.74. The van der Waals surface area contributed by atoms with E-state index < -0.39 is 11.6 Å². The van der Waals surface area contributed by atoms with E-state index in [1.807, 2.05) is 6.07 Å². The van der Waals surface area contributed by atoms with Crippen molar-refractivity contribution < 1.29 is 14.4 Å². The molecule has 1 aliphatic heterocycles. The normalized spacial score (nSPS) is 21.0. The Hall–Kier alpha value is -2.17. The van der Waals surface area contributed by atoms with Gasteiger partial charge in [0.2, 0.25) is 0 Å². The summed E-state index contributed by atoms with van der Waals surface area (Å²) < 4.78 is 0. The van der Waals surface area contributed by atoms with Crippen molar-refractivity contribution in [2.24, 2.45) is 0 Å². The first-order valence-electron chi connectivity index (χ1n) is 8.35. The smallest absolute Gasteiger partial charge is 0.323 e. The Morgan fingerprint density at radius 2 is 1.61 bits per heavy atom. The van der Waals surface area contributed by atoms with Crippen molar-refractivity contribution in [1.29, 1.82) is 0 Å². The van der Waals surface area contributed by atoms with Crippen LogP contribution in [-0.2, 0) is 4.79 Å². The van der Waals surface area contributed by atoms with Crippen molar-refractivity contribution in [2.75, 3.05) is 6.54 Å². The molecule has 1 heterocycles. The van der Waals surface area contributed by atoms with Gasteiger partial charge in [-0.1, -0.05) is 62.4 Å². The first kappa shape index (κ1) is 15.7. The van der Waals surface area contributed by atoms with E-state index in [9.17, 15) is 14.4 Å². The van der Waals surface area contributed by atoms with Gasteiger partial charge in [-0.25, -0.2) is 4.79 Å². The van der Waals surface area contributed by atoms with Gasteiger partial charge in [0, 0.05) is 5.56 Å². The molecule has 0 radical (unpaired) electrons. The third kappa shape index (κ3) is 3.14. The lowest BCUT2D eigenvalue weighted by Gasteiger charge is -2.28. The van der Waals surface area contributed by atoms with E-state index in [0.717, 1.165) is 30.6 Å². The van der Waals surface area contributed by atoms with Gasteiger partial charge in [-0.05, 0) is 12.8 Å². The molecule has 0 atom stereocenters. The molecule has 0 unspecified atom stereocenters.